The minimum atomic E-state index is 1.11. The summed E-state index contributed by atoms with van der Waals surface area (Å²) >= 11 is 0. The highest BCUT2D eigenvalue weighted by molar-refractivity contribution is 6.11. The predicted molar refractivity (Wildman–Crippen MR) is 215 cm³/mol. The van der Waals surface area contributed by atoms with Gasteiger partial charge in [0.15, 0.2) is 0 Å². The lowest BCUT2D eigenvalue weighted by Crippen LogP contribution is -2.09. The molecule has 2 heterocycles. The summed E-state index contributed by atoms with van der Waals surface area (Å²) in [5, 5.41) is 4.99. The number of anilines is 3. The molecule has 0 unspecified atom stereocenters. The van der Waals surface area contributed by atoms with E-state index in [-0.39, 0.29) is 0 Å². The molecule has 0 atom stereocenters. The van der Waals surface area contributed by atoms with E-state index in [4.69, 9.17) is 0 Å². The average Bonchev–Trinajstić information content (AvgIpc) is 3.72. The summed E-state index contributed by atoms with van der Waals surface area (Å²) in [6.07, 6.45) is 0. The quantitative estimate of drug-likeness (QED) is 0.174. The van der Waals surface area contributed by atoms with Crippen LogP contribution in [0.5, 0.6) is 0 Å². The van der Waals surface area contributed by atoms with Crippen molar-refractivity contribution in [2.24, 2.45) is 0 Å². The van der Waals surface area contributed by atoms with Crippen LogP contribution < -0.4 is 4.90 Å². The van der Waals surface area contributed by atoms with Crippen LogP contribution in [-0.2, 0) is 0 Å². The van der Waals surface area contributed by atoms with Gasteiger partial charge >= 0.3 is 0 Å². The third-order valence-corrected chi connectivity index (χ3v) is 10.1. The minimum absolute atomic E-state index is 1.11. The molecule has 0 radical (unpaired) electrons. The van der Waals surface area contributed by atoms with Gasteiger partial charge in [0.1, 0.15) is 0 Å². The molecular weight excluding hydrogens is 619 g/mol. The van der Waals surface area contributed by atoms with Gasteiger partial charge in [0.25, 0.3) is 0 Å². The van der Waals surface area contributed by atoms with Gasteiger partial charge in [0, 0.05) is 50.0 Å². The van der Waals surface area contributed by atoms with Crippen LogP contribution in [0, 0.1) is 0 Å². The van der Waals surface area contributed by atoms with Crippen molar-refractivity contribution in [2.45, 2.75) is 0 Å². The normalized spacial score (nSPS) is 11.5. The second-order valence-electron chi connectivity index (χ2n) is 13.0. The standard InChI is InChI=1S/C48H33N3/c1-4-14-36(15-5-1)49(40-29-31-47-44(33-40)42-21-11-13-23-46(42)50(47)37-16-6-2-7-17-37)39-27-24-34(25-28-39)35-26-30-43-41-20-10-12-22-45(41)51(48(43)32-35)38-18-8-3-9-19-38/h1-33H. The smallest absolute Gasteiger partial charge is 0.0547 e. The third-order valence-electron chi connectivity index (χ3n) is 10.1. The largest absolute Gasteiger partial charge is 0.310 e. The molecule has 3 heteroatoms. The number of hydrogen-bond donors (Lipinski definition) is 0. The molecule has 10 aromatic rings. The molecule has 0 aliphatic carbocycles. The van der Waals surface area contributed by atoms with Crippen molar-refractivity contribution in [2.75, 3.05) is 4.90 Å². The Labute approximate surface area is 296 Å². The average molecular weight is 652 g/mol. The van der Waals surface area contributed by atoms with Crippen LogP contribution in [0.1, 0.15) is 0 Å². The Kier molecular flexibility index (Phi) is 6.81. The van der Waals surface area contributed by atoms with Gasteiger partial charge in [0.05, 0.1) is 22.1 Å². The lowest BCUT2D eigenvalue weighted by molar-refractivity contribution is 1.18. The topological polar surface area (TPSA) is 13.1 Å². The van der Waals surface area contributed by atoms with Gasteiger partial charge < -0.3 is 14.0 Å². The zero-order valence-corrected chi connectivity index (χ0v) is 27.9. The Morgan fingerprint density at radius 2 is 0.725 bits per heavy atom. The maximum Gasteiger partial charge on any atom is 0.0547 e. The summed E-state index contributed by atoms with van der Waals surface area (Å²) < 4.78 is 4.74. The Bertz CT molecular complexity index is 2830. The highest BCUT2D eigenvalue weighted by Crippen LogP contribution is 2.41. The monoisotopic (exact) mass is 651 g/mol. The number of benzene rings is 8. The van der Waals surface area contributed by atoms with Crippen LogP contribution in [0.25, 0.3) is 66.1 Å². The van der Waals surface area contributed by atoms with E-state index in [1.54, 1.807) is 0 Å². The molecule has 0 spiro atoms. The van der Waals surface area contributed by atoms with E-state index in [1.807, 2.05) is 0 Å². The summed E-state index contributed by atoms with van der Waals surface area (Å²) in [4.78, 5) is 2.36. The van der Waals surface area contributed by atoms with Gasteiger partial charge in [0.2, 0.25) is 0 Å². The first-order chi connectivity index (χ1) is 25.3. The molecule has 0 aliphatic rings. The van der Waals surface area contributed by atoms with E-state index >= 15 is 0 Å². The molecule has 2 aromatic heterocycles. The lowest BCUT2D eigenvalue weighted by atomic mass is 10.0. The number of aromatic nitrogens is 2. The van der Waals surface area contributed by atoms with E-state index in [0.717, 1.165) is 22.7 Å². The molecule has 10 rings (SSSR count). The van der Waals surface area contributed by atoms with E-state index in [1.165, 1.54) is 60.4 Å². The van der Waals surface area contributed by atoms with E-state index in [0.29, 0.717) is 0 Å². The maximum absolute atomic E-state index is 2.38. The van der Waals surface area contributed by atoms with Gasteiger partial charge in [-0.05, 0) is 96.1 Å². The van der Waals surface area contributed by atoms with Crippen LogP contribution in [0.3, 0.4) is 0 Å². The second-order valence-corrected chi connectivity index (χ2v) is 13.0. The zero-order valence-electron chi connectivity index (χ0n) is 27.9. The lowest BCUT2D eigenvalue weighted by Gasteiger charge is -2.26. The molecule has 0 aliphatic heterocycles. The van der Waals surface area contributed by atoms with E-state index < -0.39 is 0 Å². The summed E-state index contributed by atoms with van der Waals surface area (Å²) in [6, 6.07) is 72.1. The fraction of sp³-hybridized carbons (Fsp3) is 0. The SMILES string of the molecule is c1ccc(N(c2ccc(-c3ccc4c5ccccc5n(-c5ccccc5)c4c3)cc2)c2ccc3c(c2)c2ccccc2n3-c2ccccc2)cc1. The fourth-order valence-electron chi connectivity index (χ4n) is 7.79. The van der Waals surface area contributed by atoms with E-state index in [2.05, 4.69) is 214 Å². The van der Waals surface area contributed by atoms with Crippen molar-refractivity contribution in [3.8, 4) is 22.5 Å². The number of hydrogen-bond acceptors (Lipinski definition) is 1. The Morgan fingerprint density at radius 1 is 0.275 bits per heavy atom. The molecule has 51 heavy (non-hydrogen) atoms. The first kappa shape index (κ1) is 29.1. The van der Waals surface area contributed by atoms with Gasteiger partial charge in [-0.25, -0.2) is 0 Å². The van der Waals surface area contributed by atoms with Gasteiger partial charge in [-0.15, -0.1) is 0 Å². The Balaban J connectivity index is 1.09. The summed E-state index contributed by atoms with van der Waals surface area (Å²) in [6.45, 7) is 0. The Hall–Kier alpha value is -6.84. The van der Waals surface area contributed by atoms with Crippen LogP contribution in [0.2, 0.25) is 0 Å². The third kappa shape index (κ3) is 4.82. The molecule has 240 valence electrons. The Morgan fingerprint density at radius 3 is 1.37 bits per heavy atom. The van der Waals surface area contributed by atoms with Crippen molar-refractivity contribution in [1.29, 1.82) is 0 Å². The number of rotatable bonds is 6. The zero-order chi connectivity index (χ0) is 33.7. The first-order valence-corrected chi connectivity index (χ1v) is 17.4. The van der Waals surface area contributed by atoms with Gasteiger partial charge in [-0.2, -0.15) is 0 Å². The maximum atomic E-state index is 2.38. The molecule has 0 saturated carbocycles. The molecule has 3 nitrogen and oxygen atoms in total. The summed E-state index contributed by atoms with van der Waals surface area (Å²) in [5.41, 5.74) is 12.9. The minimum Gasteiger partial charge on any atom is -0.310 e. The highest BCUT2D eigenvalue weighted by Gasteiger charge is 2.18. The van der Waals surface area contributed by atoms with Crippen molar-refractivity contribution in [3.05, 3.63) is 200 Å². The number of para-hydroxylation sites is 5. The van der Waals surface area contributed by atoms with Crippen LogP contribution in [-0.4, -0.2) is 9.13 Å². The number of nitrogens with zero attached hydrogens (tertiary/aromatic N) is 3. The summed E-state index contributed by atoms with van der Waals surface area (Å²) in [7, 11) is 0. The predicted octanol–water partition coefficient (Wildman–Crippen LogP) is 13.0. The fourth-order valence-corrected chi connectivity index (χ4v) is 7.79. The molecule has 0 bridgehead atoms. The van der Waals surface area contributed by atoms with Crippen molar-refractivity contribution >= 4 is 60.7 Å². The molecule has 0 saturated heterocycles. The highest BCUT2D eigenvalue weighted by atomic mass is 15.1. The van der Waals surface area contributed by atoms with Crippen LogP contribution >= 0.6 is 0 Å². The van der Waals surface area contributed by atoms with Crippen molar-refractivity contribution in [1.82, 2.24) is 9.13 Å². The van der Waals surface area contributed by atoms with Crippen LogP contribution in [0.4, 0.5) is 17.1 Å². The van der Waals surface area contributed by atoms with Crippen molar-refractivity contribution < 1.29 is 0 Å². The molecule has 0 amide bonds. The molecule has 0 N–H and O–H groups in total. The second kappa shape index (κ2) is 11.9. The van der Waals surface area contributed by atoms with Crippen molar-refractivity contribution in [3.63, 3.8) is 0 Å². The van der Waals surface area contributed by atoms with Gasteiger partial charge in [-0.1, -0.05) is 115 Å². The van der Waals surface area contributed by atoms with Crippen LogP contribution in [0.15, 0.2) is 200 Å². The molecule has 8 aromatic carbocycles. The molecular formula is C48H33N3. The summed E-state index contributed by atoms with van der Waals surface area (Å²) in [5.74, 6) is 0. The van der Waals surface area contributed by atoms with E-state index in [9.17, 15) is 0 Å². The molecule has 0 fully saturated rings. The van der Waals surface area contributed by atoms with Gasteiger partial charge in [-0.3, -0.25) is 0 Å². The number of fused-ring (bicyclic) bond motifs is 6. The first-order valence-electron chi connectivity index (χ1n) is 17.4.